The second-order valence-corrected chi connectivity index (χ2v) is 3.86. The SMILES string of the molecule is CCOC(=O)c1ccc(C2CCC(=O)O2)cc1. The Balaban J connectivity index is 2.07. The maximum atomic E-state index is 11.4. The van der Waals surface area contributed by atoms with Crippen LogP contribution in [0.3, 0.4) is 0 Å². The summed E-state index contributed by atoms with van der Waals surface area (Å²) in [7, 11) is 0. The molecule has 1 saturated heterocycles. The predicted octanol–water partition coefficient (Wildman–Crippen LogP) is 2.24. The van der Waals surface area contributed by atoms with Crippen molar-refractivity contribution < 1.29 is 19.1 Å². The average Bonchev–Trinajstić information content (AvgIpc) is 2.76. The van der Waals surface area contributed by atoms with E-state index in [2.05, 4.69) is 0 Å². The molecule has 1 atom stereocenters. The van der Waals surface area contributed by atoms with Gasteiger partial charge in [-0.15, -0.1) is 0 Å². The summed E-state index contributed by atoms with van der Waals surface area (Å²) in [6, 6.07) is 6.99. The van der Waals surface area contributed by atoms with Gasteiger partial charge >= 0.3 is 11.9 Å². The highest BCUT2D eigenvalue weighted by molar-refractivity contribution is 5.89. The third kappa shape index (κ3) is 2.64. The molecular weight excluding hydrogens is 220 g/mol. The van der Waals surface area contributed by atoms with Crippen LogP contribution in [-0.2, 0) is 14.3 Å². The smallest absolute Gasteiger partial charge is 0.338 e. The highest BCUT2D eigenvalue weighted by atomic mass is 16.5. The van der Waals surface area contributed by atoms with E-state index in [4.69, 9.17) is 9.47 Å². The Bertz CT molecular complexity index is 422. The normalized spacial score (nSPS) is 18.9. The Morgan fingerprint density at radius 2 is 2.12 bits per heavy atom. The van der Waals surface area contributed by atoms with E-state index in [9.17, 15) is 9.59 Å². The summed E-state index contributed by atoms with van der Waals surface area (Å²) in [6.45, 7) is 2.13. The fourth-order valence-electron chi connectivity index (χ4n) is 1.81. The van der Waals surface area contributed by atoms with Gasteiger partial charge in [0.15, 0.2) is 0 Å². The fourth-order valence-corrected chi connectivity index (χ4v) is 1.81. The first-order valence-corrected chi connectivity index (χ1v) is 5.67. The van der Waals surface area contributed by atoms with Gasteiger partial charge in [0, 0.05) is 6.42 Å². The second-order valence-electron chi connectivity index (χ2n) is 3.86. The van der Waals surface area contributed by atoms with E-state index in [0.29, 0.717) is 25.0 Å². The van der Waals surface area contributed by atoms with E-state index < -0.39 is 0 Å². The molecule has 0 saturated carbocycles. The fraction of sp³-hybridized carbons (Fsp3) is 0.385. The van der Waals surface area contributed by atoms with Crippen LogP contribution in [0.4, 0.5) is 0 Å². The first-order valence-electron chi connectivity index (χ1n) is 5.67. The number of benzene rings is 1. The lowest BCUT2D eigenvalue weighted by atomic mass is 10.0. The van der Waals surface area contributed by atoms with Crippen LogP contribution in [0.1, 0.15) is 41.8 Å². The standard InChI is InChI=1S/C13H14O4/c1-2-16-13(15)10-5-3-9(4-6-10)11-7-8-12(14)17-11/h3-6,11H,2,7-8H2,1H3. The first-order chi connectivity index (χ1) is 8.20. The van der Waals surface area contributed by atoms with Gasteiger partial charge in [-0.25, -0.2) is 4.79 Å². The summed E-state index contributed by atoms with van der Waals surface area (Å²) < 4.78 is 10.0. The second kappa shape index (κ2) is 4.99. The van der Waals surface area contributed by atoms with E-state index in [0.717, 1.165) is 5.56 Å². The van der Waals surface area contributed by atoms with Crippen molar-refractivity contribution in [2.24, 2.45) is 0 Å². The monoisotopic (exact) mass is 234 g/mol. The Kier molecular flexibility index (Phi) is 3.42. The summed E-state index contributed by atoms with van der Waals surface area (Å²) >= 11 is 0. The maximum absolute atomic E-state index is 11.4. The average molecular weight is 234 g/mol. The number of carbonyl (C=O) groups is 2. The van der Waals surface area contributed by atoms with Crippen LogP contribution in [0.15, 0.2) is 24.3 Å². The molecule has 1 aromatic rings. The molecule has 17 heavy (non-hydrogen) atoms. The molecular formula is C13H14O4. The Morgan fingerprint density at radius 1 is 1.41 bits per heavy atom. The molecule has 1 aliphatic heterocycles. The van der Waals surface area contributed by atoms with Crippen molar-refractivity contribution >= 4 is 11.9 Å². The molecule has 4 heteroatoms. The topological polar surface area (TPSA) is 52.6 Å². The summed E-state index contributed by atoms with van der Waals surface area (Å²) in [5.41, 5.74) is 1.43. The van der Waals surface area contributed by atoms with Crippen LogP contribution < -0.4 is 0 Å². The van der Waals surface area contributed by atoms with Crippen LogP contribution in [-0.4, -0.2) is 18.5 Å². The number of ether oxygens (including phenoxy) is 2. The van der Waals surface area contributed by atoms with Gasteiger partial charge < -0.3 is 9.47 Å². The van der Waals surface area contributed by atoms with E-state index in [-0.39, 0.29) is 18.0 Å². The molecule has 0 spiro atoms. The van der Waals surface area contributed by atoms with Crippen molar-refractivity contribution in [2.45, 2.75) is 25.9 Å². The molecule has 0 radical (unpaired) electrons. The lowest BCUT2D eigenvalue weighted by Crippen LogP contribution is -2.05. The number of carbonyl (C=O) groups excluding carboxylic acids is 2. The lowest BCUT2D eigenvalue weighted by molar-refractivity contribution is -0.141. The van der Waals surface area contributed by atoms with Crippen molar-refractivity contribution in [1.29, 1.82) is 0 Å². The summed E-state index contributed by atoms with van der Waals surface area (Å²) in [4.78, 5) is 22.4. The Morgan fingerprint density at radius 3 is 2.65 bits per heavy atom. The van der Waals surface area contributed by atoms with E-state index in [1.165, 1.54) is 0 Å². The largest absolute Gasteiger partial charge is 0.462 e. The zero-order valence-electron chi connectivity index (χ0n) is 9.64. The van der Waals surface area contributed by atoms with Gasteiger partial charge in [0.25, 0.3) is 0 Å². The highest BCUT2D eigenvalue weighted by Gasteiger charge is 2.24. The van der Waals surface area contributed by atoms with E-state index >= 15 is 0 Å². The number of hydrogen-bond acceptors (Lipinski definition) is 4. The van der Waals surface area contributed by atoms with Crippen LogP contribution in [0, 0.1) is 0 Å². The molecule has 1 aromatic carbocycles. The number of hydrogen-bond donors (Lipinski definition) is 0. The molecule has 1 unspecified atom stereocenters. The van der Waals surface area contributed by atoms with Gasteiger partial charge in [-0.2, -0.15) is 0 Å². The molecule has 0 amide bonds. The molecule has 0 aliphatic carbocycles. The summed E-state index contributed by atoms with van der Waals surface area (Å²) in [5, 5.41) is 0. The Hall–Kier alpha value is -1.84. The molecule has 90 valence electrons. The maximum Gasteiger partial charge on any atom is 0.338 e. The molecule has 0 aromatic heterocycles. The molecule has 0 bridgehead atoms. The van der Waals surface area contributed by atoms with Crippen molar-refractivity contribution in [3.8, 4) is 0 Å². The highest BCUT2D eigenvalue weighted by Crippen LogP contribution is 2.29. The lowest BCUT2D eigenvalue weighted by Gasteiger charge is -2.09. The minimum atomic E-state index is -0.331. The van der Waals surface area contributed by atoms with E-state index in [1.807, 2.05) is 0 Å². The van der Waals surface area contributed by atoms with Crippen LogP contribution in [0.2, 0.25) is 0 Å². The minimum absolute atomic E-state index is 0.163. The van der Waals surface area contributed by atoms with Crippen LogP contribution in [0.25, 0.3) is 0 Å². The molecule has 2 rings (SSSR count). The first kappa shape index (κ1) is 11.6. The van der Waals surface area contributed by atoms with Gasteiger partial charge in [0.1, 0.15) is 6.10 Å². The quantitative estimate of drug-likeness (QED) is 0.752. The Labute approximate surface area is 99.5 Å². The van der Waals surface area contributed by atoms with Gasteiger partial charge in [-0.05, 0) is 31.0 Å². The van der Waals surface area contributed by atoms with Crippen molar-refractivity contribution in [3.63, 3.8) is 0 Å². The summed E-state index contributed by atoms with van der Waals surface area (Å²) in [5.74, 6) is -0.494. The van der Waals surface area contributed by atoms with Crippen LogP contribution >= 0.6 is 0 Å². The number of rotatable bonds is 3. The molecule has 1 aliphatic rings. The van der Waals surface area contributed by atoms with Crippen LogP contribution in [0.5, 0.6) is 0 Å². The third-order valence-corrected chi connectivity index (χ3v) is 2.68. The molecule has 0 N–H and O–H groups in total. The number of esters is 2. The molecule has 4 nitrogen and oxygen atoms in total. The third-order valence-electron chi connectivity index (χ3n) is 2.68. The van der Waals surface area contributed by atoms with Gasteiger partial charge in [0.05, 0.1) is 12.2 Å². The molecule has 1 fully saturated rings. The minimum Gasteiger partial charge on any atom is -0.462 e. The van der Waals surface area contributed by atoms with Gasteiger partial charge in [-0.3, -0.25) is 4.79 Å². The van der Waals surface area contributed by atoms with Crippen molar-refractivity contribution in [2.75, 3.05) is 6.61 Å². The van der Waals surface area contributed by atoms with Crippen molar-refractivity contribution in [3.05, 3.63) is 35.4 Å². The predicted molar refractivity (Wildman–Crippen MR) is 60.5 cm³/mol. The van der Waals surface area contributed by atoms with Gasteiger partial charge in [0.2, 0.25) is 0 Å². The van der Waals surface area contributed by atoms with E-state index in [1.54, 1.807) is 31.2 Å². The molecule has 1 heterocycles. The number of cyclic esters (lactones) is 1. The zero-order valence-corrected chi connectivity index (χ0v) is 9.64. The summed E-state index contributed by atoms with van der Waals surface area (Å²) in [6.07, 6.45) is 1.00. The van der Waals surface area contributed by atoms with Gasteiger partial charge in [-0.1, -0.05) is 12.1 Å². The van der Waals surface area contributed by atoms with Crippen molar-refractivity contribution in [1.82, 2.24) is 0 Å². The zero-order chi connectivity index (χ0) is 12.3.